The van der Waals surface area contributed by atoms with Gasteiger partial charge in [0.1, 0.15) is 0 Å². The molecule has 14 heavy (non-hydrogen) atoms. The summed E-state index contributed by atoms with van der Waals surface area (Å²) < 4.78 is 0. The van der Waals surface area contributed by atoms with Gasteiger partial charge in [-0.05, 0) is 37.7 Å². The van der Waals surface area contributed by atoms with Gasteiger partial charge in [0.15, 0.2) is 0 Å². The Hall–Kier alpha value is -1.67. The fourth-order valence-corrected chi connectivity index (χ4v) is 0.757. The minimum absolute atomic E-state index is 0.228. The molecule has 0 saturated carbocycles. The van der Waals surface area contributed by atoms with Crippen molar-refractivity contribution in [2.45, 2.75) is 32.6 Å². The molecule has 0 aromatic heterocycles. The second-order valence-corrected chi connectivity index (χ2v) is 2.67. The van der Waals surface area contributed by atoms with Crippen LogP contribution in [0.2, 0.25) is 0 Å². The van der Waals surface area contributed by atoms with Crippen molar-refractivity contribution in [3.8, 4) is 23.7 Å². The van der Waals surface area contributed by atoms with Crippen molar-refractivity contribution < 1.29 is 9.90 Å². The summed E-state index contributed by atoms with van der Waals surface area (Å²) in [6.07, 6.45) is 6.04. The summed E-state index contributed by atoms with van der Waals surface area (Å²) in [6, 6.07) is 0. The average molecular weight is 190 g/mol. The molecule has 0 amide bonds. The number of carboxylic acid groups (broad SMARTS) is 1. The van der Waals surface area contributed by atoms with Gasteiger partial charge in [0.25, 0.3) is 0 Å². The van der Waals surface area contributed by atoms with E-state index in [4.69, 9.17) is 5.11 Å². The van der Waals surface area contributed by atoms with Crippen molar-refractivity contribution in [3.05, 3.63) is 12.2 Å². The molecule has 0 spiro atoms. The molecule has 0 rings (SSSR count). The molecular formula is C12H14O2. The van der Waals surface area contributed by atoms with Gasteiger partial charge in [-0.3, -0.25) is 4.79 Å². The fraction of sp³-hybridized carbons (Fsp3) is 0.417. The van der Waals surface area contributed by atoms with Crippen LogP contribution in [0, 0.1) is 23.7 Å². The summed E-state index contributed by atoms with van der Waals surface area (Å²) in [5.74, 6) is 10.2. The average Bonchev–Trinajstić information content (AvgIpc) is 2.15. The molecule has 0 atom stereocenters. The van der Waals surface area contributed by atoms with Crippen LogP contribution in [0.1, 0.15) is 32.6 Å². The number of hydrogen-bond acceptors (Lipinski definition) is 1. The molecular weight excluding hydrogens is 176 g/mol. The molecule has 0 aromatic rings. The highest BCUT2D eigenvalue weighted by atomic mass is 16.4. The van der Waals surface area contributed by atoms with Crippen LogP contribution in [-0.2, 0) is 4.79 Å². The number of allylic oxidation sites excluding steroid dienone is 2. The van der Waals surface area contributed by atoms with E-state index in [0.717, 1.165) is 12.8 Å². The fourth-order valence-electron chi connectivity index (χ4n) is 0.757. The third-order valence-electron chi connectivity index (χ3n) is 1.42. The molecule has 0 aliphatic carbocycles. The third kappa shape index (κ3) is 10.3. The Morgan fingerprint density at radius 1 is 1.36 bits per heavy atom. The summed E-state index contributed by atoms with van der Waals surface area (Å²) in [5.41, 5.74) is 0. The molecule has 0 aliphatic heterocycles. The Bertz CT molecular complexity index is 305. The minimum Gasteiger partial charge on any atom is -0.481 e. The predicted molar refractivity (Wildman–Crippen MR) is 56.5 cm³/mol. The Morgan fingerprint density at radius 2 is 2.14 bits per heavy atom. The van der Waals surface area contributed by atoms with Crippen LogP contribution >= 0.6 is 0 Å². The minimum atomic E-state index is -0.745. The smallest absolute Gasteiger partial charge is 0.303 e. The summed E-state index contributed by atoms with van der Waals surface area (Å²) in [7, 11) is 0. The highest BCUT2D eigenvalue weighted by Gasteiger charge is 1.93. The van der Waals surface area contributed by atoms with Gasteiger partial charge in [0.05, 0.1) is 0 Å². The SMILES string of the molecule is C/C=C/C#CC#CCCCCC(=O)O. The zero-order chi connectivity index (χ0) is 10.6. The lowest BCUT2D eigenvalue weighted by molar-refractivity contribution is -0.137. The van der Waals surface area contributed by atoms with E-state index in [-0.39, 0.29) is 6.42 Å². The van der Waals surface area contributed by atoms with Crippen LogP contribution in [0.15, 0.2) is 12.2 Å². The maximum Gasteiger partial charge on any atom is 0.303 e. The largest absolute Gasteiger partial charge is 0.481 e. The van der Waals surface area contributed by atoms with Gasteiger partial charge in [-0.2, -0.15) is 0 Å². The number of carboxylic acids is 1. The van der Waals surface area contributed by atoms with E-state index in [1.807, 2.05) is 13.0 Å². The molecule has 74 valence electrons. The van der Waals surface area contributed by atoms with E-state index in [2.05, 4.69) is 23.7 Å². The van der Waals surface area contributed by atoms with E-state index in [1.165, 1.54) is 0 Å². The molecule has 0 bridgehead atoms. The van der Waals surface area contributed by atoms with Gasteiger partial charge in [0.2, 0.25) is 0 Å². The normalized spacial score (nSPS) is 8.64. The van der Waals surface area contributed by atoms with Crippen molar-refractivity contribution in [2.24, 2.45) is 0 Å². The Morgan fingerprint density at radius 3 is 2.79 bits per heavy atom. The molecule has 0 radical (unpaired) electrons. The van der Waals surface area contributed by atoms with E-state index >= 15 is 0 Å². The van der Waals surface area contributed by atoms with Crippen molar-refractivity contribution in [1.82, 2.24) is 0 Å². The molecule has 1 N–H and O–H groups in total. The molecule has 2 heteroatoms. The maximum atomic E-state index is 10.1. The first-order valence-corrected chi connectivity index (χ1v) is 4.58. The molecule has 0 fully saturated rings. The quantitative estimate of drug-likeness (QED) is 0.545. The molecule has 0 aromatic carbocycles. The first kappa shape index (κ1) is 12.3. The van der Waals surface area contributed by atoms with Crippen molar-refractivity contribution in [3.63, 3.8) is 0 Å². The van der Waals surface area contributed by atoms with E-state index in [1.54, 1.807) is 6.08 Å². The Kier molecular flexibility index (Phi) is 8.29. The molecule has 0 heterocycles. The third-order valence-corrected chi connectivity index (χ3v) is 1.42. The van der Waals surface area contributed by atoms with Crippen molar-refractivity contribution in [2.75, 3.05) is 0 Å². The van der Waals surface area contributed by atoms with Crippen LogP contribution in [0.25, 0.3) is 0 Å². The number of hydrogen-bond donors (Lipinski definition) is 1. The van der Waals surface area contributed by atoms with Crippen LogP contribution in [0.3, 0.4) is 0 Å². The lowest BCUT2D eigenvalue weighted by atomic mass is 10.2. The van der Waals surface area contributed by atoms with Crippen LogP contribution in [-0.4, -0.2) is 11.1 Å². The van der Waals surface area contributed by atoms with E-state index < -0.39 is 5.97 Å². The predicted octanol–water partition coefficient (Wildman–Crippen LogP) is 2.21. The lowest BCUT2D eigenvalue weighted by Crippen LogP contribution is -1.92. The molecule has 0 saturated heterocycles. The zero-order valence-electron chi connectivity index (χ0n) is 8.34. The summed E-state index contributed by atoms with van der Waals surface area (Å²) >= 11 is 0. The molecule has 2 nitrogen and oxygen atoms in total. The number of aliphatic carboxylic acids is 1. The second-order valence-electron chi connectivity index (χ2n) is 2.67. The van der Waals surface area contributed by atoms with Gasteiger partial charge in [-0.1, -0.05) is 17.9 Å². The van der Waals surface area contributed by atoms with Crippen molar-refractivity contribution in [1.29, 1.82) is 0 Å². The van der Waals surface area contributed by atoms with Crippen LogP contribution < -0.4 is 0 Å². The Labute approximate surface area is 85.0 Å². The van der Waals surface area contributed by atoms with Gasteiger partial charge in [0, 0.05) is 12.8 Å². The van der Waals surface area contributed by atoms with Gasteiger partial charge >= 0.3 is 5.97 Å². The number of carbonyl (C=O) groups is 1. The van der Waals surface area contributed by atoms with Gasteiger partial charge < -0.3 is 5.11 Å². The van der Waals surface area contributed by atoms with Gasteiger partial charge in [-0.25, -0.2) is 0 Å². The summed E-state index contributed by atoms with van der Waals surface area (Å²) in [6.45, 7) is 1.90. The van der Waals surface area contributed by atoms with Crippen molar-refractivity contribution >= 4 is 5.97 Å². The van der Waals surface area contributed by atoms with E-state index in [9.17, 15) is 4.79 Å². The highest BCUT2D eigenvalue weighted by Crippen LogP contribution is 1.97. The second kappa shape index (κ2) is 9.42. The molecule has 0 aliphatic rings. The first-order chi connectivity index (χ1) is 6.77. The number of rotatable bonds is 4. The standard InChI is InChI=1S/C12H14O2/c1-2-3-4-5-6-7-8-9-10-11-12(13)14/h2-3H,8-11H2,1H3,(H,13,14)/b3-2+. The van der Waals surface area contributed by atoms with Gasteiger partial charge in [-0.15, -0.1) is 0 Å². The monoisotopic (exact) mass is 190 g/mol. The summed E-state index contributed by atoms with van der Waals surface area (Å²) in [5, 5.41) is 8.35. The summed E-state index contributed by atoms with van der Waals surface area (Å²) in [4.78, 5) is 10.1. The maximum absolute atomic E-state index is 10.1. The zero-order valence-corrected chi connectivity index (χ0v) is 8.34. The Balaban J connectivity index is 3.45. The number of unbranched alkanes of at least 4 members (excludes halogenated alkanes) is 2. The van der Waals surface area contributed by atoms with E-state index in [0.29, 0.717) is 6.42 Å². The molecule has 0 unspecified atom stereocenters. The highest BCUT2D eigenvalue weighted by molar-refractivity contribution is 5.66. The topological polar surface area (TPSA) is 37.3 Å². The van der Waals surface area contributed by atoms with Crippen LogP contribution in [0.5, 0.6) is 0 Å². The van der Waals surface area contributed by atoms with Crippen LogP contribution in [0.4, 0.5) is 0 Å². The lowest BCUT2D eigenvalue weighted by Gasteiger charge is -1.89. The first-order valence-electron chi connectivity index (χ1n) is 4.58.